The van der Waals surface area contributed by atoms with Crippen LogP contribution in [0.2, 0.25) is 0 Å². The van der Waals surface area contributed by atoms with Gasteiger partial charge in [0, 0.05) is 32.2 Å². The number of nitriles is 1. The van der Waals surface area contributed by atoms with Crippen LogP contribution in [0.4, 0.5) is 0 Å². The van der Waals surface area contributed by atoms with Crippen LogP contribution in [0.25, 0.3) is 0 Å². The first kappa shape index (κ1) is 18.1. The summed E-state index contributed by atoms with van der Waals surface area (Å²) in [6.07, 6.45) is 0.261. The van der Waals surface area contributed by atoms with E-state index in [1.807, 2.05) is 6.07 Å². The van der Waals surface area contributed by atoms with E-state index in [9.17, 15) is 13.2 Å². The van der Waals surface area contributed by atoms with Crippen molar-refractivity contribution >= 4 is 15.9 Å². The Morgan fingerprint density at radius 1 is 1.18 bits per heavy atom. The second-order valence-electron chi connectivity index (χ2n) is 4.75. The maximum Gasteiger partial charge on any atom is 0.253 e. The van der Waals surface area contributed by atoms with Crippen LogP contribution in [0.5, 0.6) is 0 Å². The van der Waals surface area contributed by atoms with Crippen molar-refractivity contribution in [2.24, 2.45) is 0 Å². The minimum absolute atomic E-state index is 0.174. The summed E-state index contributed by atoms with van der Waals surface area (Å²) in [6.45, 7) is 4.70. The molecule has 1 aromatic carbocycles. The molecule has 0 radical (unpaired) electrons. The predicted molar refractivity (Wildman–Crippen MR) is 83.7 cm³/mol. The van der Waals surface area contributed by atoms with Crippen molar-refractivity contribution in [3.63, 3.8) is 0 Å². The lowest BCUT2D eigenvalue weighted by atomic mass is 10.2. The summed E-state index contributed by atoms with van der Waals surface area (Å²) < 4.78 is 26.1. The maximum atomic E-state index is 12.3. The summed E-state index contributed by atoms with van der Waals surface area (Å²) in [7, 11) is -1.90. The van der Waals surface area contributed by atoms with Gasteiger partial charge in [-0.05, 0) is 24.3 Å². The van der Waals surface area contributed by atoms with Crippen LogP contribution in [0, 0.1) is 11.3 Å². The molecule has 0 N–H and O–H groups in total. The molecule has 0 atom stereocenters. The molecule has 1 aromatic rings. The normalized spacial score (nSPS) is 11.2. The number of carbonyl (C=O) groups is 1. The highest BCUT2D eigenvalue weighted by molar-refractivity contribution is 7.89. The molecule has 0 aliphatic heterocycles. The smallest absolute Gasteiger partial charge is 0.253 e. The van der Waals surface area contributed by atoms with Crippen LogP contribution in [-0.2, 0) is 10.0 Å². The van der Waals surface area contributed by atoms with Gasteiger partial charge in [0.1, 0.15) is 0 Å². The Balaban J connectivity index is 2.96. The molecule has 0 aliphatic rings. The fourth-order valence-electron chi connectivity index (χ4n) is 2.02. The third-order valence-electron chi connectivity index (χ3n) is 3.35. The number of nitrogens with zero attached hydrogens (tertiary/aromatic N) is 3. The first-order chi connectivity index (χ1) is 10.4. The average Bonchev–Trinajstić information content (AvgIpc) is 2.52. The number of carbonyl (C=O) groups excluding carboxylic acids is 1. The summed E-state index contributed by atoms with van der Waals surface area (Å²) >= 11 is 0. The van der Waals surface area contributed by atoms with Gasteiger partial charge in [0.2, 0.25) is 10.0 Å². The predicted octanol–water partition coefficient (Wildman–Crippen LogP) is 1.70. The van der Waals surface area contributed by atoms with Crippen molar-refractivity contribution in [3.8, 4) is 6.07 Å². The second-order valence-corrected chi connectivity index (χ2v) is 6.69. The van der Waals surface area contributed by atoms with Crippen LogP contribution in [0.1, 0.15) is 30.6 Å². The topological polar surface area (TPSA) is 81.5 Å². The first-order valence-corrected chi connectivity index (χ1v) is 8.55. The molecule has 0 fully saturated rings. The van der Waals surface area contributed by atoms with Crippen molar-refractivity contribution < 1.29 is 13.2 Å². The van der Waals surface area contributed by atoms with Crippen molar-refractivity contribution in [1.82, 2.24) is 9.21 Å². The SMILES string of the molecule is CCN(CC)S(=O)(=O)c1ccc(C(=O)N(C)CCC#N)cc1. The molecule has 1 rings (SSSR count). The highest BCUT2D eigenvalue weighted by Crippen LogP contribution is 2.16. The van der Waals surface area contributed by atoms with Crippen LogP contribution >= 0.6 is 0 Å². The summed E-state index contributed by atoms with van der Waals surface area (Å²) in [5.74, 6) is -0.234. The standard InChI is InChI=1S/C15H21N3O3S/c1-4-18(5-2)22(20,21)14-9-7-13(8-10-14)15(19)17(3)12-6-11-16/h7-10H,4-6,12H2,1-3H3. The van der Waals surface area contributed by atoms with Gasteiger partial charge in [-0.3, -0.25) is 4.79 Å². The number of benzene rings is 1. The lowest BCUT2D eigenvalue weighted by Crippen LogP contribution is -2.31. The largest absolute Gasteiger partial charge is 0.341 e. The average molecular weight is 323 g/mol. The molecule has 0 unspecified atom stereocenters. The van der Waals surface area contributed by atoms with Crippen LogP contribution < -0.4 is 0 Å². The quantitative estimate of drug-likeness (QED) is 0.765. The Hall–Kier alpha value is -1.91. The van der Waals surface area contributed by atoms with E-state index in [0.717, 1.165) is 0 Å². The van der Waals surface area contributed by atoms with E-state index >= 15 is 0 Å². The van der Waals surface area contributed by atoms with Gasteiger partial charge in [0.15, 0.2) is 0 Å². The molecule has 7 heteroatoms. The van der Waals surface area contributed by atoms with E-state index in [1.165, 1.54) is 33.5 Å². The molecule has 0 spiro atoms. The monoisotopic (exact) mass is 323 g/mol. The molecule has 6 nitrogen and oxygen atoms in total. The third-order valence-corrected chi connectivity index (χ3v) is 5.41. The molecular formula is C15H21N3O3S. The summed E-state index contributed by atoms with van der Waals surface area (Å²) in [5.41, 5.74) is 0.402. The number of sulfonamides is 1. The maximum absolute atomic E-state index is 12.3. The van der Waals surface area contributed by atoms with Gasteiger partial charge < -0.3 is 4.90 Å². The Kier molecular flexibility index (Phi) is 6.53. The summed E-state index contributed by atoms with van der Waals surface area (Å²) in [6, 6.07) is 7.87. The van der Waals surface area contributed by atoms with Gasteiger partial charge in [-0.15, -0.1) is 0 Å². The molecule has 0 aliphatic carbocycles. The van der Waals surface area contributed by atoms with Crippen LogP contribution in [0.15, 0.2) is 29.2 Å². The molecule has 0 saturated heterocycles. The Labute approximate surface area is 132 Å². The molecule has 22 heavy (non-hydrogen) atoms. The van der Waals surface area contributed by atoms with Crippen LogP contribution in [0.3, 0.4) is 0 Å². The summed E-state index contributed by atoms with van der Waals surface area (Å²) in [5, 5.41) is 8.53. The third kappa shape index (κ3) is 4.06. The van der Waals surface area contributed by atoms with Gasteiger partial charge in [-0.2, -0.15) is 9.57 Å². The van der Waals surface area contributed by atoms with E-state index < -0.39 is 10.0 Å². The number of hydrogen-bond acceptors (Lipinski definition) is 4. The van der Waals surface area contributed by atoms with Gasteiger partial charge in [-0.25, -0.2) is 8.42 Å². The highest BCUT2D eigenvalue weighted by Gasteiger charge is 2.22. The molecule has 0 heterocycles. The van der Waals surface area contributed by atoms with Gasteiger partial charge in [0.25, 0.3) is 5.91 Å². The van der Waals surface area contributed by atoms with Crippen molar-refractivity contribution in [3.05, 3.63) is 29.8 Å². The molecule has 1 amide bonds. The molecule has 0 saturated carbocycles. The Morgan fingerprint density at radius 3 is 2.18 bits per heavy atom. The van der Waals surface area contributed by atoms with Gasteiger partial charge >= 0.3 is 0 Å². The van der Waals surface area contributed by atoms with E-state index in [1.54, 1.807) is 20.9 Å². The van der Waals surface area contributed by atoms with Gasteiger partial charge in [0.05, 0.1) is 17.4 Å². The molecule has 0 aromatic heterocycles. The second kappa shape index (κ2) is 7.92. The number of amides is 1. The van der Waals surface area contributed by atoms with E-state index in [0.29, 0.717) is 25.2 Å². The fraction of sp³-hybridized carbons (Fsp3) is 0.467. The molecule has 0 bridgehead atoms. The summed E-state index contributed by atoms with van der Waals surface area (Å²) in [4.78, 5) is 13.7. The zero-order valence-corrected chi connectivity index (χ0v) is 13.9. The zero-order chi connectivity index (χ0) is 16.8. The van der Waals surface area contributed by atoms with Crippen molar-refractivity contribution in [2.45, 2.75) is 25.2 Å². The Morgan fingerprint density at radius 2 is 1.73 bits per heavy atom. The number of hydrogen-bond donors (Lipinski definition) is 0. The van der Waals surface area contributed by atoms with Crippen molar-refractivity contribution in [1.29, 1.82) is 5.26 Å². The van der Waals surface area contributed by atoms with Crippen molar-refractivity contribution in [2.75, 3.05) is 26.7 Å². The highest BCUT2D eigenvalue weighted by atomic mass is 32.2. The fourth-order valence-corrected chi connectivity index (χ4v) is 3.48. The molecule has 120 valence electrons. The van der Waals surface area contributed by atoms with Crippen LogP contribution in [-0.4, -0.2) is 50.2 Å². The van der Waals surface area contributed by atoms with E-state index in [2.05, 4.69) is 0 Å². The van der Waals surface area contributed by atoms with Gasteiger partial charge in [-0.1, -0.05) is 13.8 Å². The number of rotatable bonds is 7. The van der Waals surface area contributed by atoms with E-state index in [4.69, 9.17) is 5.26 Å². The minimum Gasteiger partial charge on any atom is -0.341 e. The lowest BCUT2D eigenvalue weighted by Gasteiger charge is -2.19. The minimum atomic E-state index is -3.51. The first-order valence-electron chi connectivity index (χ1n) is 7.11. The van der Waals surface area contributed by atoms with E-state index in [-0.39, 0.29) is 17.2 Å². The Bertz CT molecular complexity index is 644. The lowest BCUT2D eigenvalue weighted by molar-refractivity contribution is 0.0798. The molecular weight excluding hydrogens is 302 g/mol. The zero-order valence-electron chi connectivity index (χ0n) is 13.1.